The van der Waals surface area contributed by atoms with Crippen LogP contribution in [0.2, 0.25) is 0 Å². The zero-order valence-corrected chi connectivity index (χ0v) is 18.8. The van der Waals surface area contributed by atoms with Gasteiger partial charge in [0, 0.05) is 18.7 Å². The number of unbranched alkanes of at least 4 members (excludes halogenated alkanes) is 2. The molecule has 3 rings (SSSR count). The van der Waals surface area contributed by atoms with E-state index in [1.807, 2.05) is 0 Å². The number of hydrogen-bond acceptors (Lipinski definition) is 5. The highest BCUT2D eigenvalue weighted by Gasteiger charge is 2.22. The van der Waals surface area contributed by atoms with E-state index in [9.17, 15) is 13.6 Å². The van der Waals surface area contributed by atoms with Gasteiger partial charge in [0.25, 0.3) is 0 Å². The maximum atomic E-state index is 13.7. The van der Waals surface area contributed by atoms with Crippen molar-refractivity contribution in [2.45, 2.75) is 58.0 Å². The van der Waals surface area contributed by atoms with Crippen LogP contribution in [0.3, 0.4) is 0 Å². The van der Waals surface area contributed by atoms with Gasteiger partial charge in [-0.15, -0.1) is 0 Å². The van der Waals surface area contributed by atoms with Gasteiger partial charge in [-0.3, -0.25) is 0 Å². The molecule has 0 aliphatic heterocycles. The van der Waals surface area contributed by atoms with Crippen LogP contribution in [0.5, 0.6) is 11.5 Å². The van der Waals surface area contributed by atoms with E-state index in [-0.39, 0.29) is 11.3 Å². The van der Waals surface area contributed by atoms with Crippen LogP contribution in [0.1, 0.15) is 67.8 Å². The molecule has 0 radical (unpaired) electrons. The number of esters is 1. The Balaban J connectivity index is 1.43. The van der Waals surface area contributed by atoms with E-state index < -0.39 is 23.2 Å². The standard InChI is InChI=1S/C26H29F2NO4/c1-2-3-4-13-31-20-9-5-18(6-10-20)17-32-21-11-7-19(8-12-21)26(30)33-22-14-24(27)23(16-29)25(28)15-22/h7-8,11-12,14-15,18,20H,2-6,9-10,13,17H2,1H3. The number of carbonyl (C=O) groups excluding carboxylic acids is 1. The molecular weight excluding hydrogens is 428 g/mol. The van der Waals surface area contributed by atoms with Crippen LogP contribution in [0.4, 0.5) is 8.78 Å². The molecular formula is C26H29F2NO4. The summed E-state index contributed by atoms with van der Waals surface area (Å²) in [4.78, 5) is 12.3. The normalized spacial score (nSPS) is 17.9. The topological polar surface area (TPSA) is 68.6 Å². The van der Waals surface area contributed by atoms with Gasteiger partial charge >= 0.3 is 5.97 Å². The minimum atomic E-state index is -1.08. The second-order valence-electron chi connectivity index (χ2n) is 8.32. The molecule has 0 bridgehead atoms. The van der Waals surface area contributed by atoms with E-state index in [0.29, 0.717) is 24.4 Å². The number of benzene rings is 2. The lowest BCUT2D eigenvalue weighted by molar-refractivity contribution is 0.0112. The molecule has 33 heavy (non-hydrogen) atoms. The van der Waals surface area contributed by atoms with Gasteiger partial charge in [0.2, 0.25) is 0 Å². The first-order valence-electron chi connectivity index (χ1n) is 11.5. The second-order valence-corrected chi connectivity index (χ2v) is 8.32. The molecule has 0 aromatic heterocycles. The maximum Gasteiger partial charge on any atom is 0.343 e. The molecule has 1 saturated carbocycles. The number of hydrogen-bond donors (Lipinski definition) is 0. The molecule has 0 unspecified atom stereocenters. The van der Waals surface area contributed by atoms with Crippen molar-refractivity contribution in [3.63, 3.8) is 0 Å². The minimum absolute atomic E-state index is 0.216. The van der Waals surface area contributed by atoms with Crippen molar-refractivity contribution in [2.24, 2.45) is 5.92 Å². The fourth-order valence-corrected chi connectivity index (χ4v) is 3.85. The lowest BCUT2D eigenvalue weighted by Crippen LogP contribution is -2.25. The number of halogens is 2. The molecule has 2 aromatic carbocycles. The third-order valence-electron chi connectivity index (χ3n) is 5.81. The van der Waals surface area contributed by atoms with Crippen molar-refractivity contribution >= 4 is 5.97 Å². The Hall–Kier alpha value is -2.98. The highest BCUT2D eigenvalue weighted by atomic mass is 19.1. The fourth-order valence-electron chi connectivity index (χ4n) is 3.85. The Morgan fingerprint density at radius 2 is 1.70 bits per heavy atom. The number of carbonyl (C=O) groups is 1. The van der Waals surface area contributed by atoms with Gasteiger partial charge in [0.05, 0.1) is 18.3 Å². The predicted octanol–water partition coefficient (Wildman–Crippen LogP) is 6.20. The highest BCUT2D eigenvalue weighted by Crippen LogP contribution is 2.27. The van der Waals surface area contributed by atoms with Crippen molar-refractivity contribution in [3.05, 3.63) is 59.2 Å². The van der Waals surface area contributed by atoms with E-state index >= 15 is 0 Å². The summed E-state index contributed by atoms with van der Waals surface area (Å²) in [7, 11) is 0. The largest absolute Gasteiger partial charge is 0.493 e. The lowest BCUT2D eigenvalue weighted by Gasteiger charge is -2.28. The first kappa shape index (κ1) is 24.7. The van der Waals surface area contributed by atoms with E-state index in [4.69, 9.17) is 19.5 Å². The van der Waals surface area contributed by atoms with Gasteiger partial charge < -0.3 is 14.2 Å². The molecule has 0 saturated heterocycles. The zero-order chi connectivity index (χ0) is 23.6. The minimum Gasteiger partial charge on any atom is -0.493 e. The first-order valence-corrected chi connectivity index (χ1v) is 11.5. The van der Waals surface area contributed by atoms with Crippen LogP contribution in [0, 0.1) is 28.9 Å². The van der Waals surface area contributed by atoms with Crippen molar-refractivity contribution in [3.8, 4) is 17.6 Å². The van der Waals surface area contributed by atoms with Crippen molar-refractivity contribution < 1.29 is 27.8 Å². The summed E-state index contributed by atoms with van der Waals surface area (Å²) in [6.45, 7) is 3.64. The van der Waals surface area contributed by atoms with Gasteiger partial charge in [-0.1, -0.05) is 19.8 Å². The molecule has 2 aromatic rings. The van der Waals surface area contributed by atoms with E-state index in [0.717, 1.165) is 50.8 Å². The summed E-state index contributed by atoms with van der Waals surface area (Å²) >= 11 is 0. The highest BCUT2D eigenvalue weighted by molar-refractivity contribution is 5.91. The summed E-state index contributed by atoms with van der Waals surface area (Å²) < 4.78 is 44.2. The predicted molar refractivity (Wildman–Crippen MR) is 119 cm³/mol. The van der Waals surface area contributed by atoms with Crippen LogP contribution in [0.15, 0.2) is 36.4 Å². The van der Waals surface area contributed by atoms with Crippen LogP contribution in [0.25, 0.3) is 0 Å². The average molecular weight is 458 g/mol. The Kier molecular flexibility index (Phi) is 9.20. The molecule has 0 atom stereocenters. The monoisotopic (exact) mass is 457 g/mol. The average Bonchev–Trinajstić information content (AvgIpc) is 2.81. The molecule has 0 heterocycles. The second kappa shape index (κ2) is 12.3. The summed E-state index contributed by atoms with van der Waals surface area (Å²) in [5.41, 5.74) is -0.502. The third kappa shape index (κ3) is 7.26. The number of ether oxygens (including phenoxy) is 3. The van der Waals surface area contributed by atoms with Crippen molar-refractivity contribution in [1.29, 1.82) is 5.26 Å². The van der Waals surface area contributed by atoms with Gasteiger partial charge in [0.1, 0.15) is 34.8 Å². The quantitative estimate of drug-likeness (QED) is 0.241. The molecule has 1 aliphatic carbocycles. The van der Waals surface area contributed by atoms with Crippen LogP contribution >= 0.6 is 0 Å². The van der Waals surface area contributed by atoms with E-state index in [1.165, 1.54) is 31.0 Å². The molecule has 0 amide bonds. The summed E-state index contributed by atoms with van der Waals surface area (Å²) in [6.07, 6.45) is 8.16. The Labute approximate surface area is 193 Å². The summed E-state index contributed by atoms with van der Waals surface area (Å²) in [6, 6.07) is 9.44. The number of nitrogens with zero attached hydrogens (tertiary/aromatic N) is 1. The Morgan fingerprint density at radius 1 is 1.03 bits per heavy atom. The van der Waals surface area contributed by atoms with Crippen LogP contribution in [-0.4, -0.2) is 25.3 Å². The summed E-state index contributed by atoms with van der Waals surface area (Å²) in [5, 5.41) is 8.71. The lowest BCUT2D eigenvalue weighted by atomic mass is 9.88. The van der Waals surface area contributed by atoms with Gasteiger partial charge in [0.15, 0.2) is 0 Å². The van der Waals surface area contributed by atoms with Crippen LogP contribution in [-0.2, 0) is 4.74 Å². The molecule has 176 valence electrons. The summed E-state index contributed by atoms with van der Waals surface area (Å²) in [5.74, 6) is -2.12. The Bertz CT molecular complexity index is 940. The molecule has 7 heteroatoms. The SMILES string of the molecule is CCCCCOC1CCC(COc2ccc(C(=O)Oc3cc(F)c(C#N)c(F)c3)cc2)CC1. The number of rotatable bonds is 10. The van der Waals surface area contributed by atoms with Gasteiger partial charge in [-0.05, 0) is 62.3 Å². The maximum absolute atomic E-state index is 13.7. The molecule has 0 N–H and O–H groups in total. The van der Waals surface area contributed by atoms with Gasteiger partial charge in [-0.2, -0.15) is 5.26 Å². The van der Waals surface area contributed by atoms with Crippen LogP contribution < -0.4 is 9.47 Å². The van der Waals surface area contributed by atoms with Gasteiger partial charge in [-0.25, -0.2) is 13.6 Å². The Morgan fingerprint density at radius 3 is 2.30 bits per heavy atom. The molecule has 5 nitrogen and oxygen atoms in total. The molecule has 1 aliphatic rings. The van der Waals surface area contributed by atoms with Crippen molar-refractivity contribution in [2.75, 3.05) is 13.2 Å². The zero-order valence-electron chi connectivity index (χ0n) is 18.8. The van der Waals surface area contributed by atoms with Crippen molar-refractivity contribution in [1.82, 2.24) is 0 Å². The van der Waals surface area contributed by atoms with E-state index in [2.05, 4.69) is 6.92 Å². The third-order valence-corrected chi connectivity index (χ3v) is 5.81. The number of nitriles is 1. The van der Waals surface area contributed by atoms with E-state index in [1.54, 1.807) is 12.1 Å². The smallest absolute Gasteiger partial charge is 0.343 e. The first-order chi connectivity index (χ1) is 16.0. The molecule has 0 spiro atoms. The fraction of sp³-hybridized carbons (Fsp3) is 0.462. The molecule has 1 fully saturated rings.